The SMILES string of the molecule is CCCNC(C(=O)OCC)C1CCC(C(C)(C)C)CC1. The maximum absolute atomic E-state index is 12.1. The van der Waals surface area contributed by atoms with Gasteiger partial charge in [-0.25, -0.2) is 0 Å². The monoisotopic (exact) mass is 283 g/mol. The molecule has 0 bridgehead atoms. The second kappa shape index (κ2) is 8.02. The maximum Gasteiger partial charge on any atom is 0.323 e. The van der Waals surface area contributed by atoms with E-state index < -0.39 is 0 Å². The van der Waals surface area contributed by atoms with Crippen molar-refractivity contribution in [1.29, 1.82) is 0 Å². The zero-order valence-corrected chi connectivity index (χ0v) is 14.0. The largest absolute Gasteiger partial charge is 0.465 e. The highest BCUT2D eigenvalue weighted by molar-refractivity contribution is 5.76. The molecule has 3 nitrogen and oxygen atoms in total. The van der Waals surface area contributed by atoms with Gasteiger partial charge in [0.2, 0.25) is 0 Å². The maximum atomic E-state index is 12.1. The molecule has 1 aliphatic rings. The molecule has 0 aromatic rings. The molecule has 118 valence electrons. The van der Waals surface area contributed by atoms with E-state index in [2.05, 4.69) is 33.0 Å². The first-order valence-electron chi connectivity index (χ1n) is 8.30. The Hall–Kier alpha value is -0.570. The Morgan fingerprint density at radius 2 is 1.80 bits per heavy atom. The number of hydrogen-bond donors (Lipinski definition) is 1. The van der Waals surface area contributed by atoms with E-state index in [9.17, 15) is 4.79 Å². The highest BCUT2D eigenvalue weighted by Crippen LogP contribution is 2.40. The minimum Gasteiger partial charge on any atom is -0.465 e. The summed E-state index contributed by atoms with van der Waals surface area (Å²) in [6.45, 7) is 12.4. The van der Waals surface area contributed by atoms with E-state index in [1.807, 2.05) is 6.92 Å². The molecule has 0 radical (unpaired) electrons. The molecule has 1 atom stereocenters. The van der Waals surface area contributed by atoms with Gasteiger partial charge in [-0.2, -0.15) is 0 Å². The first kappa shape index (κ1) is 17.5. The Bertz CT molecular complexity index is 288. The van der Waals surface area contributed by atoms with Crippen LogP contribution in [0.2, 0.25) is 0 Å². The summed E-state index contributed by atoms with van der Waals surface area (Å²) in [7, 11) is 0. The van der Waals surface area contributed by atoms with Crippen molar-refractivity contribution in [3.63, 3.8) is 0 Å². The van der Waals surface area contributed by atoms with Gasteiger partial charge in [-0.1, -0.05) is 27.7 Å². The van der Waals surface area contributed by atoms with Crippen molar-refractivity contribution < 1.29 is 9.53 Å². The van der Waals surface area contributed by atoms with Crippen LogP contribution in [0.1, 0.15) is 66.7 Å². The third-order valence-corrected chi connectivity index (χ3v) is 4.62. The standard InChI is InChI=1S/C17H33NO2/c1-6-12-18-15(16(19)20-7-2)13-8-10-14(11-9-13)17(3,4)5/h13-15,18H,6-12H2,1-5H3. The molecule has 20 heavy (non-hydrogen) atoms. The summed E-state index contributed by atoms with van der Waals surface area (Å²) in [5, 5.41) is 3.40. The third kappa shape index (κ3) is 5.08. The van der Waals surface area contributed by atoms with Gasteiger partial charge < -0.3 is 10.1 Å². The van der Waals surface area contributed by atoms with Crippen molar-refractivity contribution in [2.24, 2.45) is 17.3 Å². The van der Waals surface area contributed by atoms with Gasteiger partial charge in [-0.05, 0) is 62.8 Å². The van der Waals surface area contributed by atoms with Gasteiger partial charge in [0.15, 0.2) is 0 Å². The van der Waals surface area contributed by atoms with E-state index in [4.69, 9.17) is 4.74 Å². The average Bonchev–Trinajstić information content (AvgIpc) is 2.39. The Morgan fingerprint density at radius 3 is 2.25 bits per heavy atom. The van der Waals surface area contributed by atoms with Crippen molar-refractivity contribution in [3.05, 3.63) is 0 Å². The fourth-order valence-electron chi connectivity index (χ4n) is 3.29. The Kier molecular flexibility index (Phi) is 7.01. The minimum absolute atomic E-state index is 0.0554. The van der Waals surface area contributed by atoms with Crippen LogP contribution in [0.25, 0.3) is 0 Å². The lowest BCUT2D eigenvalue weighted by molar-refractivity contribution is -0.147. The quantitative estimate of drug-likeness (QED) is 0.754. The number of rotatable bonds is 6. The lowest BCUT2D eigenvalue weighted by Gasteiger charge is -2.39. The summed E-state index contributed by atoms with van der Waals surface area (Å²) in [6, 6.07) is -0.101. The van der Waals surface area contributed by atoms with Crippen molar-refractivity contribution >= 4 is 5.97 Å². The third-order valence-electron chi connectivity index (χ3n) is 4.62. The van der Waals surface area contributed by atoms with Gasteiger partial charge in [0.1, 0.15) is 6.04 Å². The van der Waals surface area contributed by atoms with Crippen molar-refractivity contribution in [2.45, 2.75) is 72.8 Å². The highest BCUT2D eigenvalue weighted by Gasteiger charge is 2.35. The fraction of sp³-hybridized carbons (Fsp3) is 0.941. The van der Waals surface area contributed by atoms with Crippen LogP contribution in [0.3, 0.4) is 0 Å². The number of ether oxygens (including phenoxy) is 1. The number of hydrogen-bond acceptors (Lipinski definition) is 3. The predicted octanol–water partition coefficient (Wildman–Crippen LogP) is 3.77. The van der Waals surface area contributed by atoms with E-state index in [1.165, 1.54) is 12.8 Å². The molecule has 1 rings (SSSR count). The zero-order valence-electron chi connectivity index (χ0n) is 14.0. The van der Waals surface area contributed by atoms with Crippen LogP contribution in [0.4, 0.5) is 0 Å². The van der Waals surface area contributed by atoms with Crippen molar-refractivity contribution in [2.75, 3.05) is 13.2 Å². The van der Waals surface area contributed by atoms with Crippen molar-refractivity contribution in [3.8, 4) is 0 Å². The van der Waals surface area contributed by atoms with Gasteiger partial charge in [0.05, 0.1) is 6.61 Å². The van der Waals surface area contributed by atoms with Crippen LogP contribution in [0.15, 0.2) is 0 Å². The lowest BCUT2D eigenvalue weighted by atomic mass is 9.68. The van der Waals surface area contributed by atoms with Gasteiger partial charge >= 0.3 is 5.97 Å². The molecule has 1 saturated carbocycles. The summed E-state index contributed by atoms with van der Waals surface area (Å²) in [6.07, 6.45) is 5.80. The van der Waals surface area contributed by atoms with Crippen LogP contribution >= 0.6 is 0 Å². The molecule has 0 aromatic heterocycles. The molecule has 0 saturated heterocycles. The summed E-state index contributed by atoms with van der Waals surface area (Å²) < 4.78 is 5.25. The van der Waals surface area contributed by atoms with Gasteiger partial charge in [-0.15, -0.1) is 0 Å². The van der Waals surface area contributed by atoms with E-state index in [-0.39, 0.29) is 12.0 Å². The minimum atomic E-state index is -0.101. The molecular weight excluding hydrogens is 250 g/mol. The first-order chi connectivity index (χ1) is 9.40. The zero-order chi connectivity index (χ0) is 15.2. The predicted molar refractivity (Wildman–Crippen MR) is 83.6 cm³/mol. The summed E-state index contributed by atoms with van der Waals surface area (Å²) in [5.41, 5.74) is 0.390. The van der Waals surface area contributed by atoms with E-state index in [0.717, 1.165) is 31.7 Å². The van der Waals surface area contributed by atoms with Crippen molar-refractivity contribution in [1.82, 2.24) is 5.32 Å². The first-order valence-corrected chi connectivity index (χ1v) is 8.30. The molecule has 0 amide bonds. The highest BCUT2D eigenvalue weighted by atomic mass is 16.5. The molecule has 1 N–H and O–H groups in total. The van der Waals surface area contributed by atoms with Gasteiger partial charge in [0, 0.05) is 0 Å². The normalized spacial score (nSPS) is 25.2. The Morgan fingerprint density at radius 1 is 1.20 bits per heavy atom. The molecule has 0 heterocycles. The molecule has 0 spiro atoms. The summed E-state index contributed by atoms with van der Waals surface area (Å²) >= 11 is 0. The molecule has 3 heteroatoms. The van der Waals surface area contributed by atoms with E-state index in [0.29, 0.717) is 17.9 Å². The molecule has 0 aliphatic heterocycles. The van der Waals surface area contributed by atoms with Crippen LogP contribution in [-0.2, 0) is 9.53 Å². The van der Waals surface area contributed by atoms with E-state index in [1.54, 1.807) is 0 Å². The average molecular weight is 283 g/mol. The number of esters is 1. The molecule has 0 aromatic carbocycles. The smallest absolute Gasteiger partial charge is 0.323 e. The number of nitrogens with one attached hydrogen (secondary N) is 1. The molecule has 1 fully saturated rings. The molecule has 1 aliphatic carbocycles. The van der Waals surface area contributed by atoms with Crippen LogP contribution in [0.5, 0.6) is 0 Å². The summed E-state index contributed by atoms with van der Waals surface area (Å²) in [4.78, 5) is 12.1. The second-order valence-corrected chi connectivity index (χ2v) is 7.16. The number of carbonyl (C=O) groups excluding carboxylic acids is 1. The van der Waals surface area contributed by atoms with Crippen LogP contribution in [-0.4, -0.2) is 25.2 Å². The number of carbonyl (C=O) groups is 1. The summed E-state index contributed by atoms with van der Waals surface area (Å²) in [5.74, 6) is 1.17. The Labute approximate surface area is 124 Å². The topological polar surface area (TPSA) is 38.3 Å². The van der Waals surface area contributed by atoms with Gasteiger partial charge in [-0.3, -0.25) is 4.79 Å². The molecular formula is C17H33NO2. The lowest BCUT2D eigenvalue weighted by Crippen LogP contribution is -2.46. The molecule has 1 unspecified atom stereocenters. The fourth-order valence-corrected chi connectivity index (χ4v) is 3.29. The van der Waals surface area contributed by atoms with Crippen LogP contribution in [0, 0.1) is 17.3 Å². The van der Waals surface area contributed by atoms with E-state index >= 15 is 0 Å². The van der Waals surface area contributed by atoms with Gasteiger partial charge in [0.25, 0.3) is 0 Å². The van der Waals surface area contributed by atoms with Crippen LogP contribution < -0.4 is 5.32 Å². The second-order valence-electron chi connectivity index (χ2n) is 7.16. The Balaban J connectivity index is 2.58.